The number of tetrazole rings is 1. The predicted molar refractivity (Wildman–Crippen MR) is 92.3 cm³/mol. The van der Waals surface area contributed by atoms with Gasteiger partial charge in [-0.15, -0.1) is 10.2 Å². The molecular weight excluding hydrogens is 334 g/mol. The Morgan fingerprint density at radius 1 is 1.31 bits per heavy atom. The number of fused-ring (bicyclic) bond motifs is 1. The lowest BCUT2D eigenvalue weighted by molar-refractivity contribution is -0.143. The summed E-state index contributed by atoms with van der Waals surface area (Å²) in [5.74, 6) is 0.742. The topological polar surface area (TPSA) is 82.4 Å². The van der Waals surface area contributed by atoms with Crippen molar-refractivity contribution in [2.45, 2.75) is 25.5 Å². The molecule has 2 aromatic rings. The molecule has 2 heterocycles. The van der Waals surface area contributed by atoms with Gasteiger partial charge in [0.25, 0.3) is 0 Å². The van der Waals surface area contributed by atoms with Crippen LogP contribution in [0, 0.1) is 5.92 Å². The quantitative estimate of drug-likeness (QED) is 0.781. The number of carbonyl (C=O) groups is 1. The van der Waals surface area contributed by atoms with Crippen LogP contribution >= 0.6 is 0 Å². The van der Waals surface area contributed by atoms with Gasteiger partial charge in [-0.1, -0.05) is 24.3 Å². The SMILES string of the molecule is COCCn1nnc(C2CN(C(=O)C3Cc4ccccc4C3)CCO2)n1. The number of benzene rings is 1. The Morgan fingerprint density at radius 2 is 2.08 bits per heavy atom. The molecule has 8 heteroatoms. The van der Waals surface area contributed by atoms with E-state index in [2.05, 4.69) is 27.5 Å². The first-order valence-electron chi connectivity index (χ1n) is 8.98. The Hall–Kier alpha value is -2.32. The molecule has 1 unspecified atom stereocenters. The highest BCUT2D eigenvalue weighted by atomic mass is 16.5. The molecule has 1 fully saturated rings. The molecule has 2 aliphatic rings. The largest absolute Gasteiger partial charge is 0.383 e. The second kappa shape index (κ2) is 7.51. The van der Waals surface area contributed by atoms with Crippen molar-refractivity contribution in [3.8, 4) is 0 Å². The molecule has 1 aromatic carbocycles. The summed E-state index contributed by atoms with van der Waals surface area (Å²) in [5, 5.41) is 12.4. The van der Waals surface area contributed by atoms with E-state index in [1.54, 1.807) is 7.11 Å². The molecule has 1 aliphatic heterocycles. The van der Waals surface area contributed by atoms with Gasteiger partial charge in [-0.3, -0.25) is 4.79 Å². The molecule has 1 atom stereocenters. The lowest BCUT2D eigenvalue weighted by Crippen LogP contribution is -2.45. The van der Waals surface area contributed by atoms with E-state index in [1.807, 2.05) is 17.0 Å². The number of carbonyl (C=O) groups excluding carboxylic acids is 1. The van der Waals surface area contributed by atoms with Crippen molar-refractivity contribution in [2.24, 2.45) is 5.92 Å². The first-order chi connectivity index (χ1) is 12.7. The molecule has 0 radical (unpaired) electrons. The Bertz CT molecular complexity index is 753. The van der Waals surface area contributed by atoms with Crippen LogP contribution in [0.2, 0.25) is 0 Å². The number of morpholine rings is 1. The maximum Gasteiger partial charge on any atom is 0.226 e. The minimum Gasteiger partial charge on any atom is -0.383 e. The molecule has 1 saturated heterocycles. The van der Waals surface area contributed by atoms with Gasteiger partial charge in [-0.25, -0.2) is 0 Å². The molecule has 0 spiro atoms. The van der Waals surface area contributed by atoms with E-state index in [-0.39, 0.29) is 17.9 Å². The molecule has 0 N–H and O–H groups in total. The molecule has 138 valence electrons. The highest BCUT2D eigenvalue weighted by molar-refractivity contribution is 5.80. The van der Waals surface area contributed by atoms with E-state index < -0.39 is 0 Å². The van der Waals surface area contributed by atoms with Crippen molar-refractivity contribution in [2.75, 3.05) is 33.4 Å². The molecule has 0 bridgehead atoms. The van der Waals surface area contributed by atoms with E-state index >= 15 is 0 Å². The highest BCUT2D eigenvalue weighted by Gasteiger charge is 2.34. The number of hydrogen-bond donors (Lipinski definition) is 0. The summed E-state index contributed by atoms with van der Waals surface area (Å²) in [5.41, 5.74) is 2.58. The number of rotatable bonds is 5. The molecule has 8 nitrogen and oxygen atoms in total. The van der Waals surface area contributed by atoms with Crippen LogP contribution in [-0.4, -0.2) is 64.4 Å². The van der Waals surface area contributed by atoms with Crippen LogP contribution in [0.3, 0.4) is 0 Å². The second-order valence-corrected chi connectivity index (χ2v) is 6.75. The van der Waals surface area contributed by atoms with Crippen molar-refractivity contribution in [3.63, 3.8) is 0 Å². The monoisotopic (exact) mass is 357 g/mol. The van der Waals surface area contributed by atoms with Gasteiger partial charge in [0.1, 0.15) is 6.10 Å². The van der Waals surface area contributed by atoms with Crippen molar-refractivity contribution in [3.05, 3.63) is 41.2 Å². The number of methoxy groups -OCH3 is 1. The van der Waals surface area contributed by atoms with Crippen LogP contribution in [-0.2, 0) is 33.7 Å². The smallest absolute Gasteiger partial charge is 0.226 e. The minimum absolute atomic E-state index is 0.0245. The third-order valence-electron chi connectivity index (χ3n) is 5.03. The number of aromatic nitrogens is 4. The van der Waals surface area contributed by atoms with Crippen LogP contribution < -0.4 is 0 Å². The number of amides is 1. The third-order valence-corrected chi connectivity index (χ3v) is 5.03. The summed E-state index contributed by atoms with van der Waals surface area (Å²) in [6.07, 6.45) is 1.32. The molecular formula is C18H23N5O3. The van der Waals surface area contributed by atoms with E-state index in [0.29, 0.717) is 38.7 Å². The summed E-state index contributed by atoms with van der Waals surface area (Å²) in [6.45, 7) is 2.64. The normalized spacial score (nSPS) is 20.3. The second-order valence-electron chi connectivity index (χ2n) is 6.75. The third kappa shape index (κ3) is 3.47. The van der Waals surface area contributed by atoms with Gasteiger partial charge < -0.3 is 14.4 Å². The highest BCUT2D eigenvalue weighted by Crippen LogP contribution is 2.29. The number of hydrogen-bond acceptors (Lipinski definition) is 6. The van der Waals surface area contributed by atoms with Crippen LogP contribution in [0.4, 0.5) is 0 Å². The average Bonchev–Trinajstić information content (AvgIpc) is 3.32. The van der Waals surface area contributed by atoms with Gasteiger partial charge in [0.2, 0.25) is 11.7 Å². The zero-order valence-electron chi connectivity index (χ0n) is 14.9. The predicted octanol–water partition coefficient (Wildman–Crippen LogP) is 0.634. The molecule has 26 heavy (non-hydrogen) atoms. The Balaban J connectivity index is 1.39. The lowest BCUT2D eigenvalue weighted by Gasteiger charge is -2.33. The van der Waals surface area contributed by atoms with Crippen molar-refractivity contribution >= 4 is 5.91 Å². The maximum atomic E-state index is 13.0. The summed E-state index contributed by atoms with van der Waals surface area (Å²) in [6, 6.07) is 8.31. The molecule has 1 aliphatic carbocycles. The van der Waals surface area contributed by atoms with E-state index in [0.717, 1.165) is 12.8 Å². The lowest BCUT2D eigenvalue weighted by atomic mass is 10.0. The molecule has 0 saturated carbocycles. The van der Waals surface area contributed by atoms with Gasteiger partial charge in [0.15, 0.2) is 0 Å². The van der Waals surface area contributed by atoms with Crippen LogP contribution in [0.1, 0.15) is 23.1 Å². The number of nitrogens with zero attached hydrogens (tertiary/aromatic N) is 5. The fourth-order valence-electron chi connectivity index (χ4n) is 3.65. The average molecular weight is 357 g/mol. The van der Waals surface area contributed by atoms with Gasteiger partial charge >= 0.3 is 0 Å². The fourth-order valence-corrected chi connectivity index (χ4v) is 3.65. The number of ether oxygens (including phenoxy) is 2. The van der Waals surface area contributed by atoms with Gasteiger partial charge in [-0.05, 0) is 29.2 Å². The summed E-state index contributed by atoms with van der Waals surface area (Å²) in [7, 11) is 1.63. The zero-order valence-corrected chi connectivity index (χ0v) is 14.9. The summed E-state index contributed by atoms with van der Waals surface area (Å²) < 4.78 is 10.8. The van der Waals surface area contributed by atoms with Crippen LogP contribution in [0.5, 0.6) is 0 Å². The minimum atomic E-state index is -0.326. The van der Waals surface area contributed by atoms with E-state index in [1.165, 1.54) is 15.9 Å². The van der Waals surface area contributed by atoms with Gasteiger partial charge in [0, 0.05) is 19.6 Å². The van der Waals surface area contributed by atoms with E-state index in [4.69, 9.17) is 9.47 Å². The first kappa shape index (κ1) is 17.1. The maximum absolute atomic E-state index is 13.0. The van der Waals surface area contributed by atoms with Gasteiger partial charge in [-0.2, -0.15) is 4.80 Å². The molecule has 4 rings (SSSR count). The molecule has 1 aromatic heterocycles. The van der Waals surface area contributed by atoms with Crippen molar-refractivity contribution in [1.29, 1.82) is 0 Å². The Morgan fingerprint density at radius 3 is 2.81 bits per heavy atom. The fraction of sp³-hybridized carbons (Fsp3) is 0.556. The van der Waals surface area contributed by atoms with Crippen LogP contribution in [0.25, 0.3) is 0 Å². The van der Waals surface area contributed by atoms with Crippen molar-refractivity contribution in [1.82, 2.24) is 25.1 Å². The van der Waals surface area contributed by atoms with Crippen LogP contribution in [0.15, 0.2) is 24.3 Å². The summed E-state index contributed by atoms with van der Waals surface area (Å²) >= 11 is 0. The Labute approximate surface area is 152 Å². The standard InChI is InChI=1S/C18H23N5O3/c1-25-8-7-23-20-17(19-21-23)16-12-22(6-9-26-16)18(24)15-10-13-4-2-3-5-14(13)11-15/h2-5,15-16H,6-12H2,1H3. The van der Waals surface area contributed by atoms with Crippen molar-refractivity contribution < 1.29 is 14.3 Å². The van der Waals surface area contributed by atoms with Gasteiger partial charge in [0.05, 0.1) is 26.3 Å². The Kier molecular flexibility index (Phi) is 4.94. The van der Waals surface area contributed by atoms with E-state index in [9.17, 15) is 4.79 Å². The first-order valence-corrected chi connectivity index (χ1v) is 8.98. The zero-order chi connectivity index (χ0) is 17.9. The summed E-state index contributed by atoms with van der Waals surface area (Å²) in [4.78, 5) is 16.4. The molecule has 1 amide bonds.